The van der Waals surface area contributed by atoms with Crippen LogP contribution in [0.15, 0.2) is 103 Å². The molecular weight excluding hydrogens is 465 g/mol. The van der Waals surface area contributed by atoms with Crippen molar-refractivity contribution < 1.29 is 14.3 Å². The first-order valence-electron chi connectivity index (χ1n) is 10.4. The van der Waals surface area contributed by atoms with Crippen molar-refractivity contribution in [2.75, 3.05) is 0 Å². The Morgan fingerprint density at radius 1 is 0.750 bits per heavy atom. The Hall–Kier alpha value is -3.40. The molecule has 4 aromatic carbocycles. The Balaban J connectivity index is 1.41. The van der Waals surface area contributed by atoms with E-state index in [2.05, 4.69) is 5.32 Å². The second-order valence-corrected chi connectivity index (χ2v) is 9.64. The van der Waals surface area contributed by atoms with Crippen LogP contribution in [0.5, 0.6) is 0 Å². The van der Waals surface area contributed by atoms with Gasteiger partial charge in [-0.25, -0.2) is 0 Å². The fourth-order valence-electron chi connectivity index (χ4n) is 3.38. The van der Waals surface area contributed by atoms with Crippen molar-refractivity contribution in [3.63, 3.8) is 0 Å². The van der Waals surface area contributed by atoms with Crippen molar-refractivity contribution in [1.82, 2.24) is 5.32 Å². The van der Waals surface area contributed by atoms with Gasteiger partial charge in [-0.1, -0.05) is 0 Å². The van der Waals surface area contributed by atoms with Crippen molar-refractivity contribution in [1.29, 1.82) is 0 Å². The number of alkyl carbamates (subject to hydrolysis) is 1. The van der Waals surface area contributed by atoms with E-state index < -0.39 is 27.1 Å². The zero-order chi connectivity index (χ0) is 22.2. The molecule has 0 aliphatic rings. The Morgan fingerprint density at radius 2 is 1.41 bits per heavy atom. The van der Waals surface area contributed by atoms with E-state index in [1.807, 2.05) is 103 Å². The maximum atomic E-state index is 13.0. The van der Waals surface area contributed by atoms with Crippen LogP contribution in [0.25, 0.3) is 10.8 Å². The van der Waals surface area contributed by atoms with E-state index in [0.29, 0.717) is 6.42 Å². The minimum atomic E-state index is -0.637. The molecule has 4 nitrogen and oxygen atoms in total. The summed E-state index contributed by atoms with van der Waals surface area (Å²) in [5, 5.41) is 5.03. The van der Waals surface area contributed by atoms with E-state index >= 15 is 0 Å². The molecule has 1 atom stereocenters. The van der Waals surface area contributed by atoms with Crippen LogP contribution < -0.4 is 9.78 Å². The van der Waals surface area contributed by atoms with Gasteiger partial charge >= 0.3 is 194 Å². The zero-order valence-electron chi connectivity index (χ0n) is 17.4. The fourth-order valence-corrected chi connectivity index (χ4v) is 5.08. The van der Waals surface area contributed by atoms with Crippen molar-refractivity contribution in [3.8, 4) is 0 Å². The van der Waals surface area contributed by atoms with Gasteiger partial charge in [-0.05, 0) is 0 Å². The van der Waals surface area contributed by atoms with Crippen LogP contribution in [-0.4, -0.2) is 31.8 Å². The molecule has 0 aromatic heterocycles. The normalized spacial score (nSPS) is 11.6. The quantitative estimate of drug-likeness (QED) is 0.378. The van der Waals surface area contributed by atoms with E-state index in [9.17, 15) is 9.59 Å². The Bertz CT molecular complexity index is 1200. The number of carbonyl (C=O) groups excluding carboxylic acids is 2. The van der Waals surface area contributed by atoms with Crippen molar-refractivity contribution in [3.05, 3.63) is 114 Å². The molecule has 4 rings (SSSR count). The second kappa shape index (κ2) is 10.8. The van der Waals surface area contributed by atoms with Gasteiger partial charge < -0.3 is 0 Å². The van der Waals surface area contributed by atoms with Gasteiger partial charge in [0.1, 0.15) is 0 Å². The van der Waals surface area contributed by atoms with Crippen LogP contribution in [0, 0.1) is 0 Å². The van der Waals surface area contributed by atoms with E-state index in [4.69, 9.17) is 4.74 Å². The van der Waals surface area contributed by atoms with Crippen LogP contribution in [0.2, 0.25) is 0 Å². The standard InChI is InChI=1S/C27H23NO3Se/c29-26(32-24-13-5-2-6-14-24)25(18-20-9-3-1-4-10-20)28-27(30)31-19-21-15-16-22-11-7-8-12-23(22)17-21/h1-17,25H,18-19H2,(H,28,30)/t25-/m0/s1. The average Bonchev–Trinajstić information content (AvgIpc) is 2.83. The Morgan fingerprint density at radius 3 is 2.16 bits per heavy atom. The second-order valence-electron chi connectivity index (χ2n) is 7.38. The Labute approximate surface area is 193 Å². The summed E-state index contributed by atoms with van der Waals surface area (Å²) >= 11 is -0.396. The molecule has 1 N–H and O–H groups in total. The van der Waals surface area contributed by atoms with Gasteiger partial charge in [0.05, 0.1) is 0 Å². The van der Waals surface area contributed by atoms with Crippen molar-refractivity contribution in [2.45, 2.75) is 19.1 Å². The van der Waals surface area contributed by atoms with E-state index in [-0.39, 0.29) is 11.3 Å². The summed E-state index contributed by atoms with van der Waals surface area (Å²) in [6.45, 7) is 0.146. The summed E-state index contributed by atoms with van der Waals surface area (Å²) in [4.78, 5) is 25.6. The first-order chi connectivity index (χ1) is 15.7. The van der Waals surface area contributed by atoms with Crippen LogP contribution >= 0.6 is 0 Å². The van der Waals surface area contributed by atoms with Crippen LogP contribution in [0.4, 0.5) is 4.79 Å². The van der Waals surface area contributed by atoms with Gasteiger partial charge in [-0.15, -0.1) is 0 Å². The molecule has 160 valence electrons. The number of carbonyl (C=O) groups is 2. The number of nitrogens with one attached hydrogen (secondary N) is 1. The van der Waals surface area contributed by atoms with Gasteiger partial charge in [0, 0.05) is 0 Å². The molecule has 0 fully saturated rings. The molecule has 0 unspecified atom stereocenters. The summed E-state index contributed by atoms with van der Waals surface area (Å²) in [7, 11) is 0. The maximum absolute atomic E-state index is 13.0. The number of fused-ring (bicyclic) bond motifs is 1. The zero-order valence-corrected chi connectivity index (χ0v) is 19.2. The molecule has 5 heteroatoms. The molecule has 0 spiro atoms. The number of rotatable bonds is 8. The fraction of sp³-hybridized carbons (Fsp3) is 0.111. The molecule has 0 heterocycles. The van der Waals surface area contributed by atoms with Gasteiger partial charge in [-0.2, -0.15) is 0 Å². The summed E-state index contributed by atoms with van der Waals surface area (Å²) in [6, 6.07) is 32.7. The van der Waals surface area contributed by atoms with E-state index in [0.717, 1.165) is 26.4 Å². The predicted octanol–water partition coefficient (Wildman–Crippen LogP) is 4.23. The number of hydrogen-bond acceptors (Lipinski definition) is 3. The van der Waals surface area contributed by atoms with Crippen LogP contribution in [0.1, 0.15) is 11.1 Å². The number of hydrogen-bond donors (Lipinski definition) is 1. The molecule has 0 saturated carbocycles. The number of amides is 1. The molecule has 0 aliphatic carbocycles. The summed E-state index contributed by atoms with van der Waals surface area (Å²) in [5.41, 5.74) is 1.89. The first-order valence-corrected chi connectivity index (χ1v) is 12.1. The summed E-state index contributed by atoms with van der Waals surface area (Å²) in [6.07, 6.45) is -0.157. The van der Waals surface area contributed by atoms with Gasteiger partial charge in [0.25, 0.3) is 0 Å². The molecule has 1 amide bonds. The monoisotopic (exact) mass is 489 g/mol. The predicted molar refractivity (Wildman–Crippen MR) is 128 cm³/mol. The summed E-state index contributed by atoms with van der Waals surface area (Å²) < 4.78 is 6.44. The van der Waals surface area contributed by atoms with Crippen molar-refractivity contribution >= 4 is 41.0 Å². The summed E-state index contributed by atoms with van der Waals surface area (Å²) in [5.74, 6) is 0. The molecule has 0 bridgehead atoms. The van der Waals surface area contributed by atoms with E-state index in [1.165, 1.54) is 0 Å². The number of benzene rings is 4. The molecule has 0 aliphatic heterocycles. The molecular formula is C27H23NO3Se. The molecule has 4 aromatic rings. The topological polar surface area (TPSA) is 55.4 Å². The van der Waals surface area contributed by atoms with E-state index in [1.54, 1.807) is 0 Å². The SMILES string of the molecule is O=C(N[C@@H](Cc1ccccc1)C(=O)[Se]c1ccccc1)OCc1ccc2ccccc2c1. The molecule has 32 heavy (non-hydrogen) atoms. The van der Waals surface area contributed by atoms with Gasteiger partial charge in [0.15, 0.2) is 0 Å². The molecule has 0 saturated heterocycles. The number of ether oxygens (including phenoxy) is 1. The van der Waals surface area contributed by atoms with Gasteiger partial charge in [0.2, 0.25) is 0 Å². The third kappa shape index (κ3) is 6.07. The van der Waals surface area contributed by atoms with Gasteiger partial charge in [-0.3, -0.25) is 0 Å². The molecule has 0 radical (unpaired) electrons. The Kier molecular flexibility index (Phi) is 7.34. The third-order valence-electron chi connectivity index (χ3n) is 5.00. The first kappa shape index (κ1) is 21.8. The van der Waals surface area contributed by atoms with Crippen LogP contribution in [0.3, 0.4) is 0 Å². The average molecular weight is 488 g/mol. The minimum absolute atomic E-state index is 0.00945. The third-order valence-corrected chi connectivity index (χ3v) is 7.09. The van der Waals surface area contributed by atoms with Crippen molar-refractivity contribution in [2.24, 2.45) is 0 Å². The van der Waals surface area contributed by atoms with Crippen LogP contribution in [-0.2, 0) is 22.6 Å².